The van der Waals surface area contributed by atoms with Gasteiger partial charge in [-0.3, -0.25) is 4.79 Å². The normalized spacial score (nSPS) is 13.1. The number of amides is 1. The van der Waals surface area contributed by atoms with Gasteiger partial charge in [0.05, 0.1) is 5.56 Å². The number of carbonyl (C=O) groups excluding carboxylic acids is 1. The first-order valence-corrected chi connectivity index (χ1v) is 7.48. The van der Waals surface area contributed by atoms with Gasteiger partial charge in [0.15, 0.2) is 0 Å². The molecule has 1 unspecified atom stereocenters. The highest BCUT2D eigenvalue weighted by Crippen LogP contribution is 2.29. The van der Waals surface area contributed by atoms with Gasteiger partial charge in [-0.15, -0.1) is 0 Å². The second-order valence-corrected chi connectivity index (χ2v) is 5.38. The van der Waals surface area contributed by atoms with Crippen molar-refractivity contribution in [2.45, 2.75) is 25.9 Å². The van der Waals surface area contributed by atoms with Crippen molar-refractivity contribution in [2.75, 3.05) is 11.9 Å². The molecule has 20 heavy (non-hydrogen) atoms. The van der Waals surface area contributed by atoms with Crippen LogP contribution in [0.5, 0.6) is 0 Å². The van der Waals surface area contributed by atoms with E-state index in [1.54, 1.807) is 0 Å². The van der Waals surface area contributed by atoms with Gasteiger partial charge < -0.3 is 5.32 Å². The second-order valence-electron chi connectivity index (χ2n) is 4.74. The predicted molar refractivity (Wildman–Crippen MR) is 76.0 cm³/mol. The molecular weight excluding hydrogens is 335 g/mol. The number of hydrogen-bond donors (Lipinski definition) is 1. The van der Waals surface area contributed by atoms with E-state index in [0.29, 0.717) is 12.5 Å². The molecule has 0 radical (unpaired) electrons. The number of carbonyl (C=O) groups is 1. The molecule has 1 amide bonds. The van der Waals surface area contributed by atoms with E-state index in [9.17, 15) is 18.0 Å². The zero-order valence-corrected chi connectivity index (χ0v) is 12.7. The maximum absolute atomic E-state index is 12.5. The Bertz CT molecular complexity index is 448. The van der Waals surface area contributed by atoms with E-state index >= 15 is 0 Å². The minimum atomic E-state index is -4.43. The Morgan fingerprint density at radius 3 is 2.70 bits per heavy atom. The summed E-state index contributed by atoms with van der Waals surface area (Å²) in [6.07, 6.45) is -2.67. The third kappa shape index (κ3) is 5.53. The lowest BCUT2D eigenvalue weighted by molar-refractivity contribution is -0.137. The van der Waals surface area contributed by atoms with E-state index in [1.807, 2.05) is 0 Å². The zero-order valence-electron chi connectivity index (χ0n) is 11.1. The van der Waals surface area contributed by atoms with Crippen molar-refractivity contribution in [2.24, 2.45) is 5.92 Å². The molecule has 6 heteroatoms. The van der Waals surface area contributed by atoms with Crippen LogP contribution in [0.15, 0.2) is 24.3 Å². The van der Waals surface area contributed by atoms with Crippen molar-refractivity contribution in [3.8, 4) is 0 Å². The standard InChI is InChI=1S/C14H17BrF3NO/c1-10(9-15)4-3-7-19-13(20)11-5-2-6-12(8-11)14(16,17)18/h2,5-6,8,10H,3-4,7,9H2,1H3,(H,19,20). The number of halogens is 4. The fraction of sp³-hybridized carbons (Fsp3) is 0.500. The van der Waals surface area contributed by atoms with E-state index in [1.165, 1.54) is 12.1 Å². The van der Waals surface area contributed by atoms with Crippen LogP contribution in [0.2, 0.25) is 0 Å². The minimum absolute atomic E-state index is 0.0355. The first-order valence-electron chi connectivity index (χ1n) is 6.36. The van der Waals surface area contributed by atoms with E-state index in [0.717, 1.165) is 30.3 Å². The summed E-state index contributed by atoms with van der Waals surface area (Å²) >= 11 is 3.37. The Hall–Kier alpha value is -1.04. The Labute approximate surface area is 124 Å². The van der Waals surface area contributed by atoms with Crippen molar-refractivity contribution < 1.29 is 18.0 Å². The van der Waals surface area contributed by atoms with E-state index < -0.39 is 17.6 Å². The second kappa shape index (κ2) is 7.67. The fourth-order valence-corrected chi connectivity index (χ4v) is 1.99. The van der Waals surface area contributed by atoms with Gasteiger partial charge in [-0.2, -0.15) is 13.2 Å². The average Bonchev–Trinajstić information content (AvgIpc) is 2.42. The van der Waals surface area contributed by atoms with Crippen LogP contribution in [-0.2, 0) is 6.18 Å². The smallest absolute Gasteiger partial charge is 0.352 e. The first kappa shape index (κ1) is 17.0. The van der Waals surface area contributed by atoms with E-state index in [4.69, 9.17) is 0 Å². The van der Waals surface area contributed by atoms with Crippen LogP contribution in [0.25, 0.3) is 0 Å². The molecule has 0 aromatic heterocycles. The molecular formula is C14H17BrF3NO. The highest BCUT2D eigenvalue weighted by atomic mass is 79.9. The third-order valence-electron chi connectivity index (χ3n) is 2.87. The summed E-state index contributed by atoms with van der Waals surface area (Å²) < 4.78 is 37.6. The number of hydrogen-bond acceptors (Lipinski definition) is 1. The molecule has 0 aliphatic carbocycles. The van der Waals surface area contributed by atoms with E-state index in [2.05, 4.69) is 28.2 Å². The summed E-state index contributed by atoms with van der Waals surface area (Å²) in [6, 6.07) is 4.45. The Morgan fingerprint density at radius 1 is 1.40 bits per heavy atom. The molecule has 0 heterocycles. The van der Waals surface area contributed by atoms with Crippen molar-refractivity contribution in [1.82, 2.24) is 5.32 Å². The first-order chi connectivity index (χ1) is 9.34. The molecule has 0 aliphatic heterocycles. The van der Waals surface area contributed by atoms with Crippen molar-refractivity contribution in [3.05, 3.63) is 35.4 Å². The summed E-state index contributed by atoms with van der Waals surface area (Å²) in [5, 5.41) is 3.53. The van der Waals surface area contributed by atoms with Gasteiger partial charge in [-0.1, -0.05) is 28.9 Å². The number of rotatable bonds is 6. The van der Waals surface area contributed by atoms with Crippen molar-refractivity contribution >= 4 is 21.8 Å². The molecule has 1 rings (SSSR count). The SMILES string of the molecule is CC(CBr)CCCNC(=O)c1cccc(C(F)(F)F)c1. The van der Waals surface area contributed by atoms with Crippen LogP contribution in [0.4, 0.5) is 13.2 Å². The van der Waals surface area contributed by atoms with E-state index in [-0.39, 0.29) is 5.56 Å². The summed E-state index contributed by atoms with van der Waals surface area (Å²) in [5.41, 5.74) is -0.772. The molecule has 112 valence electrons. The highest BCUT2D eigenvalue weighted by Gasteiger charge is 2.30. The average molecular weight is 352 g/mol. The topological polar surface area (TPSA) is 29.1 Å². The summed E-state index contributed by atoms with van der Waals surface area (Å²) in [5.74, 6) is 0.0445. The lowest BCUT2D eigenvalue weighted by atomic mass is 10.1. The Balaban J connectivity index is 2.52. The molecule has 0 fully saturated rings. The zero-order chi connectivity index (χ0) is 15.2. The molecule has 1 aromatic carbocycles. The van der Waals surface area contributed by atoms with Gasteiger partial charge in [-0.25, -0.2) is 0 Å². The molecule has 0 aliphatic rings. The third-order valence-corrected chi connectivity index (χ3v) is 3.98. The summed E-state index contributed by atoms with van der Waals surface area (Å²) in [4.78, 5) is 11.8. The van der Waals surface area contributed by atoms with Crippen LogP contribution in [-0.4, -0.2) is 17.8 Å². The Kier molecular flexibility index (Phi) is 6.52. The highest BCUT2D eigenvalue weighted by molar-refractivity contribution is 9.09. The summed E-state index contributed by atoms with van der Waals surface area (Å²) in [6.45, 7) is 2.55. The van der Waals surface area contributed by atoms with Crippen LogP contribution >= 0.6 is 15.9 Å². The molecule has 1 atom stereocenters. The Morgan fingerprint density at radius 2 is 2.10 bits per heavy atom. The van der Waals surface area contributed by atoms with Crippen LogP contribution < -0.4 is 5.32 Å². The minimum Gasteiger partial charge on any atom is -0.352 e. The molecule has 2 nitrogen and oxygen atoms in total. The maximum Gasteiger partial charge on any atom is 0.416 e. The predicted octanol–water partition coefficient (Wildman–Crippen LogP) is 4.25. The van der Waals surface area contributed by atoms with Gasteiger partial charge in [0.1, 0.15) is 0 Å². The largest absolute Gasteiger partial charge is 0.416 e. The summed E-state index contributed by atoms with van der Waals surface area (Å²) in [7, 11) is 0. The lowest BCUT2D eigenvalue weighted by Gasteiger charge is -2.10. The maximum atomic E-state index is 12.5. The number of alkyl halides is 4. The van der Waals surface area contributed by atoms with Gasteiger partial charge in [0.25, 0.3) is 5.91 Å². The number of benzene rings is 1. The van der Waals surface area contributed by atoms with Crippen molar-refractivity contribution in [1.29, 1.82) is 0 Å². The quantitative estimate of drug-likeness (QED) is 0.602. The lowest BCUT2D eigenvalue weighted by Crippen LogP contribution is -2.25. The molecule has 0 saturated carbocycles. The molecule has 1 aromatic rings. The molecule has 0 bridgehead atoms. The fourth-order valence-electron chi connectivity index (χ4n) is 1.67. The van der Waals surface area contributed by atoms with Gasteiger partial charge in [-0.05, 0) is 37.0 Å². The van der Waals surface area contributed by atoms with Gasteiger partial charge in [0, 0.05) is 17.4 Å². The van der Waals surface area contributed by atoms with Crippen LogP contribution in [0, 0.1) is 5.92 Å². The van der Waals surface area contributed by atoms with Gasteiger partial charge >= 0.3 is 6.18 Å². The number of nitrogens with one attached hydrogen (secondary N) is 1. The van der Waals surface area contributed by atoms with Crippen molar-refractivity contribution in [3.63, 3.8) is 0 Å². The molecule has 1 N–H and O–H groups in total. The monoisotopic (exact) mass is 351 g/mol. The van der Waals surface area contributed by atoms with Crippen LogP contribution in [0.3, 0.4) is 0 Å². The van der Waals surface area contributed by atoms with Gasteiger partial charge in [0.2, 0.25) is 0 Å². The van der Waals surface area contributed by atoms with Crippen LogP contribution in [0.1, 0.15) is 35.7 Å². The molecule has 0 saturated heterocycles. The molecule has 0 spiro atoms.